The topological polar surface area (TPSA) is 159 Å². The van der Waals surface area contributed by atoms with Crippen LogP contribution in [0.4, 0.5) is 16.2 Å². The van der Waals surface area contributed by atoms with E-state index in [9.17, 15) is 25.0 Å². The highest BCUT2D eigenvalue weighted by Gasteiger charge is 2.53. The van der Waals surface area contributed by atoms with Crippen LogP contribution in [0.25, 0.3) is 0 Å². The first-order valence-electron chi connectivity index (χ1n) is 18.3. The maximum absolute atomic E-state index is 14.2. The predicted molar refractivity (Wildman–Crippen MR) is 211 cm³/mol. The Kier molecular flexibility index (Phi) is 10.2. The molecule has 56 heavy (non-hydrogen) atoms. The van der Waals surface area contributed by atoms with Crippen molar-refractivity contribution >= 4 is 42.7 Å². The highest BCUT2D eigenvalue weighted by molar-refractivity contribution is 6.62. The van der Waals surface area contributed by atoms with Crippen LogP contribution in [0.5, 0.6) is 0 Å². The molecule has 0 radical (unpaired) electrons. The number of hydrogen-bond acceptors (Lipinski definition) is 11. The Morgan fingerprint density at radius 1 is 0.500 bits per heavy atom. The molecule has 2 saturated heterocycles. The molecule has 0 amide bonds. The SMILES string of the molecule is CC(OC(=O)OC(C)(c1ccc(B2OC(C)(C)C(C)(C)O2)cc1)c1ccc([N+](=O)[O-])cc1)(c1ccc(B2OC(C)(C)C(C)(C)O2)cc1)c1ccc([N+](=O)[O-])cc1. The molecule has 2 aliphatic heterocycles. The van der Waals surface area contributed by atoms with Crippen LogP contribution in [0.3, 0.4) is 0 Å². The second-order valence-electron chi connectivity index (χ2n) is 16.5. The first-order valence-corrected chi connectivity index (χ1v) is 18.3. The van der Waals surface area contributed by atoms with Crippen molar-refractivity contribution in [2.24, 2.45) is 0 Å². The number of rotatable bonds is 10. The second kappa shape index (κ2) is 14.1. The average molecular weight is 764 g/mol. The van der Waals surface area contributed by atoms with Gasteiger partial charge in [0.25, 0.3) is 11.4 Å². The number of nitro groups is 2. The molecule has 13 nitrogen and oxygen atoms in total. The van der Waals surface area contributed by atoms with Gasteiger partial charge in [0.2, 0.25) is 0 Å². The minimum atomic E-state index is -1.52. The first-order chi connectivity index (χ1) is 26.0. The van der Waals surface area contributed by atoms with Crippen molar-refractivity contribution in [2.45, 2.75) is 103 Å². The highest BCUT2D eigenvalue weighted by atomic mass is 16.7. The van der Waals surface area contributed by atoms with Crippen molar-refractivity contribution in [3.63, 3.8) is 0 Å². The molecule has 4 aromatic rings. The molecule has 2 atom stereocenters. The number of hydrogen-bond donors (Lipinski definition) is 0. The van der Waals surface area contributed by atoms with E-state index in [-0.39, 0.29) is 11.4 Å². The van der Waals surface area contributed by atoms with Crippen LogP contribution in [0.1, 0.15) is 91.5 Å². The lowest BCUT2D eigenvalue weighted by atomic mass is 9.77. The normalized spacial score (nSPS) is 20.1. The van der Waals surface area contributed by atoms with Gasteiger partial charge in [0.1, 0.15) is 0 Å². The van der Waals surface area contributed by atoms with Crippen molar-refractivity contribution in [3.05, 3.63) is 140 Å². The molecule has 2 fully saturated rings. The van der Waals surface area contributed by atoms with Gasteiger partial charge in [-0.15, -0.1) is 0 Å². The standard InChI is InChI=1S/C41H46B2N2O11/c1-36(2)37(3,4)54-42(53-36)31-19-11-27(12-20-31)40(9,29-15-23-33(24-16-29)44(47)48)51-35(46)52-41(10,30-17-25-34(26-18-30)45(49)50)28-13-21-32(22-14-28)43-55-38(5,6)39(7,8)56-43/h11-26H,1-10H3. The molecular formula is C41H46B2N2O11. The second-order valence-corrected chi connectivity index (χ2v) is 16.5. The first kappa shape index (κ1) is 40.6. The lowest BCUT2D eigenvalue weighted by Gasteiger charge is -2.34. The molecule has 2 heterocycles. The van der Waals surface area contributed by atoms with E-state index in [1.807, 2.05) is 79.7 Å². The van der Waals surface area contributed by atoms with Crippen molar-refractivity contribution < 1.29 is 42.7 Å². The zero-order valence-electron chi connectivity index (χ0n) is 33.3. The Morgan fingerprint density at radius 2 is 0.732 bits per heavy atom. The lowest BCUT2D eigenvalue weighted by Crippen LogP contribution is -2.41. The molecule has 15 heteroatoms. The Morgan fingerprint density at radius 3 is 0.964 bits per heavy atom. The minimum Gasteiger partial charge on any atom is -0.418 e. The van der Waals surface area contributed by atoms with E-state index in [0.29, 0.717) is 22.3 Å². The Labute approximate surface area is 327 Å². The summed E-state index contributed by atoms with van der Waals surface area (Å²) >= 11 is 0. The third-order valence-corrected chi connectivity index (χ3v) is 11.8. The Bertz CT molecular complexity index is 1940. The van der Waals surface area contributed by atoms with E-state index in [1.54, 1.807) is 38.1 Å². The number of carbonyl (C=O) groups excluding carboxylic acids is 1. The summed E-state index contributed by atoms with van der Waals surface area (Å²) in [5.41, 5.74) is -2.09. The molecular weight excluding hydrogens is 718 g/mol. The summed E-state index contributed by atoms with van der Waals surface area (Å²) in [6.07, 6.45) is -1.07. The van der Waals surface area contributed by atoms with Crippen molar-refractivity contribution in [3.8, 4) is 0 Å². The van der Waals surface area contributed by atoms with Crippen LogP contribution in [-0.4, -0.2) is 52.6 Å². The van der Waals surface area contributed by atoms with Gasteiger partial charge in [0.15, 0.2) is 11.2 Å². The van der Waals surface area contributed by atoms with Gasteiger partial charge in [-0.1, -0.05) is 48.5 Å². The highest BCUT2D eigenvalue weighted by Crippen LogP contribution is 2.41. The van der Waals surface area contributed by atoms with Crippen LogP contribution >= 0.6 is 0 Å². The van der Waals surface area contributed by atoms with E-state index in [1.165, 1.54) is 48.5 Å². The van der Waals surface area contributed by atoms with Crippen LogP contribution in [0.15, 0.2) is 97.1 Å². The fraction of sp³-hybridized carbons (Fsp3) is 0.390. The molecule has 0 N–H and O–H groups in total. The van der Waals surface area contributed by atoms with Gasteiger partial charge in [0, 0.05) is 35.4 Å². The number of benzene rings is 4. The maximum atomic E-state index is 14.2. The predicted octanol–water partition coefficient (Wildman–Crippen LogP) is 7.48. The average Bonchev–Trinajstić information content (AvgIpc) is 3.50. The van der Waals surface area contributed by atoms with Gasteiger partial charge in [-0.3, -0.25) is 20.2 Å². The van der Waals surface area contributed by atoms with E-state index < -0.39 is 63.8 Å². The lowest BCUT2D eigenvalue weighted by molar-refractivity contribution is -0.385. The summed E-state index contributed by atoms with van der Waals surface area (Å²) in [4.78, 5) is 36.2. The van der Waals surface area contributed by atoms with E-state index in [0.717, 1.165) is 10.9 Å². The van der Waals surface area contributed by atoms with Crippen molar-refractivity contribution in [2.75, 3.05) is 0 Å². The Hall–Kier alpha value is -5.08. The molecule has 6 rings (SSSR count). The van der Waals surface area contributed by atoms with Crippen molar-refractivity contribution in [1.82, 2.24) is 0 Å². The molecule has 292 valence electrons. The van der Waals surface area contributed by atoms with Crippen LogP contribution < -0.4 is 10.9 Å². The quantitative estimate of drug-likeness (QED) is 0.0682. The molecule has 0 saturated carbocycles. The summed E-state index contributed by atoms with van der Waals surface area (Å²) in [6, 6.07) is 25.8. The maximum Gasteiger partial charge on any atom is 0.510 e. The number of non-ortho nitro benzene ring substituents is 2. The molecule has 4 aromatic carbocycles. The molecule has 2 aliphatic rings. The van der Waals surface area contributed by atoms with Crippen molar-refractivity contribution in [1.29, 1.82) is 0 Å². The van der Waals surface area contributed by atoms with Gasteiger partial charge in [0.05, 0.1) is 32.3 Å². The van der Waals surface area contributed by atoms with Crippen LogP contribution in [0, 0.1) is 20.2 Å². The summed E-state index contributed by atoms with van der Waals surface area (Å²) < 4.78 is 37.4. The summed E-state index contributed by atoms with van der Waals surface area (Å²) in [6.45, 7) is 19.0. The van der Waals surface area contributed by atoms with Gasteiger partial charge in [-0.25, -0.2) is 4.79 Å². The van der Waals surface area contributed by atoms with Crippen LogP contribution in [0.2, 0.25) is 0 Å². The molecule has 0 bridgehead atoms. The van der Waals surface area contributed by atoms with Gasteiger partial charge in [-0.05, 0) is 116 Å². The van der Waals surface area contributed by atoms with Gasteiger partial charge >= 0.3 is 20.4 Å². The fourth-order valence-electron chi connectivity index (χ4n) is 6.60. The smallest absolute Gasteiger partial charge is 0.418 e. The third-order valence-electron chi connectivity index (χ3n) is 11.8. The summed E-state index contributed by atoms with van der Waals surface area (Å²) in [5, 5.41) is 23.1. The molecule has 0 aromatic heterocycles. The molecule has 0 spiro atoms. The summed E-state index contributed by atoms with van der Waals surface area (Å²) in [5.74, 6) is 0. The van der Waals surface area contributed by atoms with Gasteiger partial charge in [-0.2, -0.15) is 0 Å². The Balaban J connectivity index is 1.35. The fourth-order valence-corrected chi connectivity index (χ4v) is 6.60. The van der Waals surface area contributed by atoms with Crippen LogP contribution in [-0.2, 0) is 39.3 Å². The monoisotopic (exact) mass is 764 g/mol. The molecule has 0 aliphatic carbocycles. The number of carbonyl (C=O) groups is 1. The largest absolute Gasteiger partial charge is 0.510 e. The van der Waals surface area contributed by atoms with E-state index in [4.69, 9.17) is 28.1 Å². The van der Waals surface area contributed by atoms with E-state index >= 15 is 0 Å². The molecule has 2 unspecified atom stereocenters. The van der Waals surface area contributed by atoms with Gasteiger partial charge < -0.3 is 28.1 Å². The number of nitrogens with zero attached hydrogens (tertiary/aromatic N) is 2. The zero-order chi connectivity index (χ0) is 41.1. The minimum absolute atomic E-state index is 0.135. The van der Waals surface area contributed by atoms with E-state index in [2.05, 4.69) is 0 Å². The number of nitro benzene ring substituents is 2. The summed E-state index contributed by atoms with van der Waals surface area (Å²) in [7, 11) is -1.27. The third kappa shape index (κ3) is 7.43. The zero-order valence-corrected chi connectivity index (χ0v) is 33.3. The number of ether oxygens (including phenoxy) is 2.